The van der Waals surface area contributed by atoms with Gasteiger partial charge in [-0.15, -0.1) is 0 Å². The Labute approximate surface area is 238 Å². The van der Waals surface area contributed by atoms with Crippen LogP contribution in [0.1, 0.15) is 38.7 Å². The number of alkyl halides is 3. The first kappa shape index (κ1) is 30.9. The van der Waals surface area contributed by atoms with Crippen LogP contribution in [0.3, 0.4) is 0 Å². The van der Waals surface area contributed by atoms with Gasteiger partial charge < -0.3 is 9.80 Å². The van der Waals surface area contributed by atoms with Crippen LogP contribution < -0.4 is 4.90 Å². The highest BCUT2D eigenvalue weighted by molar-refractivity contribution is 7.89. The maximum atomic E-state index is 13.5. The van der Waals surface area contributed by atoms with Crippen molar-refractivity contribution in [2.24, 2.45) is 0 Å². The van der Waals surface area contributed by atoms with Gasteiger partial charge in [0.1, 0.15) is 11.6 Å². The molecule has 5 nitrogen and oxygen atoms in total. The van der Waals surface area contributed by atoms with Crippen molar-refractivity contribution in [2.45, 2.75) is 56.3 Å². The summed E-state index contributed by atoms with van der Waals surface area (Å²) in [6, 6.07) is 15.4. The van der Waals surface area contributed by atoms with E-state index in [4.69, 9.17) is 0 Å². The molecule has 222 valence electrons. The SMILES string of the molecule is CC(C)N(C1CCN(CCCN(c2ccc(F)cc2)c2ccc(F)cc2)CC1)S(=O)(=O)c1cccc(C(F)(F)F)c1. The Morgan fingerprint density at radius 3 is 1.90 bits per heavy atom. The average Bonchev–Trinajstić information content (AvgIpc) is 2.93. The van der Waals surface area contributed by atoms with Crippen molar-refractivity contribution >= 4 is 21.4 Å². The molecule has 0 aliphatic carbocycles. The molecule has 0 bridgehead atoms. The van der Waals surface area contributed by atoms with Crippen LogP contribution in [-0.2, 0) is 16.2 Å². The number of nitrogens with zero attached hydrogens (tertiary/aromatic N) is 3. The first-order valence-electron chi connectivity index (χ1n) is 13.6. The summed E-state index contributed by atoms with van der Waals surface area (Å²) < 4.78 is 95.1. The molecule has 1 heterocycles. The van der Waals surface area contributed by atoms with Crippen LogP contribution in [-0.4, -0.2) is 55.9 Å². The number of benzene rings is 3. The van der Waals surface area contributed by atoms with E-state index < -0.39 is 27.8 Å². The summed E-state index contributed by atoms with van der Waals surface area (Å²) in [6.45, 7) is 6.07. The van der Waals surface area contributed by atoms with Gasteiger partial charge in [-0.1, -0.05) is 6.07 Å². The van der Waals surface area contributed by atoms with E-state index in [0.717, 1.165) is 36.5 Å². The molecule has 0 N–H and O–H groups in total. The van der Waals surface area contributed by atoms with Crippen LogP contribution in [0, 0.1) is 11.6 Å². The third kappa shape index (κ3) is 7.64. The molecule has 0 radical (unpaired) electrons. The third-order valence-corrected chi connectivity index (χ3v) is 9.42. The molecule has 0 unspecified atom stereocenters. The van der Waals surface area contributed by atoms with Gasteiger partial charge in [0.15, 0.2) is 0 Å². The van der Waals surface area contributed by atoms with Crippen LogP contribution in [0.25, 0.3) is 0 Å². The number of hydrogen-bond acceptors (Lipinski definition) is 4. The van der Waals surface area contributed by atoms with Gasteiger partial charge in [0.25, 0.3) is 0 Å². The zero-order chi connectivity index (χ0) is 29.8. The number of hydrogen-bond donors (Lipinski definition) is 0. The summed E-state index contributed by atoms with van der Waals surface area (Å²) >= 11 is 0. The maximum absolute atomic E-state index is 13.5. The van der Waals surface area contributed by atoms with Crippen LogP contribution in [0.4, 0.5) is 33.3 Å². The zero-order valence-corrected chi connectivity index (χ0v) is 23.8. The fraction of sp³-hybridized carbons (Fsp3) is 0.400. The number of rotatable bonds is 10. The van der Waals surface area contributed by atoms with Crippen LogP contribution >= 0.6 is 0 Å². The topological polar surface area (TPSA) is 43.9 Å². The average molecular weight is 596 g/mol. The highest BCUT2D eigenvalue weighted by Crippen LogP contribution is 2.33. The Morgan fingerprint density at radius 1 is 0.878 bits per heavy atom. The van der Waals surface area contributed by atoms with Crippen molar-refractivity contribution in [3.05, 3.63) is 90.0 Å². The molecular formula is C30H34F5N3O2S. The smallest absolute Gasteiger partial charge is 0.341 e. The predicted octanol–water partition coefficient (Wildman–Crippen LogP) is 7.08. The molecule has 0 atom stereocenters. The number of halogens is 5. The molecule has 0 spiro atoms. The Balaban J connectivity index is 1.39. The Bertz CT molecular complexity index is 1340. The molecular weight excluding hydrogens is 561 g/mol. The molecule has 0 saturated carbocycles. The third-order valence-electron chi connectivity index (χ3n) is 7.30. The number of piperidine rings is 1. The Hall–Kier alpha value is -3.02. The number of sulfonamides is 1. The van der Waals surface area contributed by atoms with Crippen molar-refractivity contribution in [1.82, 2.24) is 9.21 Å². The molecule has 1 fully saturated rings. The molecule has 1 saturated heterocycles. The summed E-state index contributed by atoms with van der Waals surface area (Å²) in [5.41, 5.74) is 0.570. The lowest BCUT2D eigenvalue weighted by Gasteiger charge is -2.40. The Kier molecular flexibility index (Phi) is 9.71. The molecule has 1 aliphatic heterocycles. The minimum absolute atomic E-state index is 0.333. The molecule has 1 aliphatic rings. The highest BCUT2D eigenvalue weighted by atomic mass is 32.2. The maximum Gasteiger partial charge on any atom is 0.416 e. The molecule has 41 heavy (non-hydrogen) atoms. The molecule has 3 aromatic rings. The zero-order valence-electron chi connectivity index (χ0n) is 23.0. The monoisotopic (exact) mass is 595 g/mol. The van der Waals surface area contributed by atoms with E-state index in [1.165, 1.54) is 34.6 Å². The lowest BCUT2D eigenvalue weighted by atomic mass is 10.0. The molecule has 11 heteroatoms. The first-order chi connectivity index (χ1) is 19.4. The number of likely N-dealkylation sites (tertiary alicyclic amines) is 1. The standard InChI is InChI=1S/C30H34F5N3O2S/c1-22(2)38(41(39,40)29-6-3-5-23(21-29)30(33,34)35)28-15-19-36(20-16-28)17-4-18-37(26-11-7-24(31)8-12-26)27-13-9-25(32)10-14-27/h3,5-14,21-22,28H,4,15-20H2,1-2H3. The Morgan fingerprint density at radius 2 is 1.41 bits per heavy atom. The minimum atomic E-state index is -4.64. The van der Waals surface area contributed by atoms with Gasteiger partial charge in [-0.05, 0) is 119 Å². The second-order valence-electron chi connectivity index (χ2n) is 10.5. The van der Waals surface area contributed by atoms with Crippen molar-refractivity contribution in [2.75, 3.05) is 31.1 Å². The second-order valence-corrected chi connectivity index (χ2v) is 12.3. The van der Waals surface area contributed by atoms with Crippen molar-refractivity contribution in [3.8, 4) is 0 Å². The summed E-state index contributed by atoms with van der Waals surface area (Å²) in [4.78, 5) is 3.87. The quantitative estimate of drug-likeness (QED) is 0.235. The highest BCUT2D eigenvalue weighted by Gasteiger charge is 2.37. The summed E-state index contributed by atoms with van der Waals surface area (Å²) in [5.74, 6) is -0.692. The molecule has 0 aromatic heterocycles. The van der Waals surface area contributed by atoms with Gasteiger partial charge in [0.05, 0.1) is 10.5 Å². The van der Waals surface area contributed by atoms with E-state index in [-0.39, 0.29) is 22.6 Å². The lowest BCUT2D eigenvalue weighted by Crippen LogP contribution is -2.50. The van der Waals surface area contributed by atoms with E-state index in [9.17, 15) is 30.4 Å². The van der Waals surface area contributed by atoms with Crippen LogP contribution in [0.5, 0.6) is 0 Å². The van der Waals surface area contributed by atoms with Crippen molar-refractivity contribution in [3.63, 3.8) is 0 Å². The van der Waals surface area contributed by atoms with Gasteiger partial charge in [-0.3, -0.25) is 0 Å². The fourth-order valence-corrected chi connectivity index (χ4v) is 7.28. The van der Waals surface area contributed by atoms with Gasteiger partial charge in [-0.25, -0.2) is 17.2 Å². The van der Waals surface area contributed by atoms with Gasteiger partial charge in [0.2, 0.25) is 10.0 Å². The van der Waals surface area contributed by atoms with Gasteiger partial charge in [0, 0.05) is 30.0 Å². The minimum Gasteiger partial charge on any atom is -0.341 e. The molecule has 0 amide bonds. The van der Waals surface area contributed by atoms with E-state index >= 15 is 0 Å². The normalized spacial score (nSPS) is 15.5. The first-order valence-corrected chi connectivity index (χ1v) is 15.0. The number of anilines is 2. The van der Waals surface area contributed by atoms with Crippen molar-refractivity contribution in [1.29, 1.82) is 0 Å². The largest absolute Gasteiger partial charge is 0.416 e. The lowest BCUT2D eigenvalue weighted by molar-refractivity contribution is -0.137. The van der Waals surface area contributed by atoms with E-state index in [0.29, 0.717) is 38.5 Å². The summed E-state index contributed by atoms with van der Waals surface area (Å²) in [7, 11) is -4.14. The van der Waals surface area contributed by atoms with Crippen molar-refractivity contribution < 1.29 is 30.4 Å². The van der Waals surface area contributed by atoms with E-state index in [1.807, 2.05) is 4.90 Å². The van der Waals surface area contributed by atoms with Crippen LogP contribution in [0.15, 0.2) is 77.7 Å². The molecule has 4 rings (SSSR count). The summed E-state index contributed by atoms with van der Waals surface area (Å²) in [5, 5.41) is 0. The van der Waals surface area contributed by atoms with E-state index in [1.54, 1.807) is 38.1 Å². The van der Waals surface area contributed by atoms with Crippen LogP contribution in [0.2, 0.25) is 0 Å². The summed E-state index contributed by atoms with van der Waals surface area (Å²) in [6.07, 6.45) is -2.79. The van der Waals surface area contributed by atoms with E-state index in [2.05, 4.69) is 4.90 Å². The fourth-order valence-electron chi connectivity index (χ4n) is 5.35. The van der Waals surface area contributed by atoms with Gasteiger partial charge >= 0.3 is 6.18 Å². The second kappa shape index (κ2) is 12.9. The van der Waals surface area contributed by atoms with Gasteiger partial charge in [-0.2, -0.15) is 17.5 Å². The predicted molar refractivity (Wildman–Crippen MR) is 149 cm³/mol. The molecule has 3 aromatic carbocycles.